The molecule has 2 aliphatic carbocycles. The summed E-state index contributed by atoms with van der Waals surface area (Å²) in [6.07, 6.45) is 12.0. The van der Waals surface area contributed by atoms with Crippen molar-refractivity contribution in [2.24, 2.45) is 5.92 Å². The molecule has 4 rings (SSSR count). The van der Waals surface area contributed by atoms with E-state index in [0.29, 0.717) is 11.2 Å². The molecule has 0 unspecified atom stereocenters. The van der Waals surface area contributed by atoms with Gasteiger partial charge in [-0.3, -0.25) is 4.90 Å². The van der Waals surface area contributed by atoms with Crippen molar-refractivity contribution in [2.45, 2.75) is 76.2 Å². The van der Waals surface area contributed by atoms with Gasteiger partial charge in [0.1, 0.15) is 5.75 Å². The molecule has 1 N–H and O–H groups in total. The zero-order chi connectivity index (χ0) is 15.9. The molecule has 0 amide bonds. The zero-order valence-corrected chi connectivity index (χ0v) is 15.8. The quantitative estimate of drug-likeness (QED) is 0.768. The van der Waals surface area contributed by atoms with Crippen LogP contribution in [0.4, 0.5) is 0 Å². The summed E-state index contributed by atoms with van der Waals surface area (Å²) in [5.41, 5.74) is 3.40. The number of piperidine rings is 1. The Hall–Kier alpha value is -0.730. The predicted molar refractivity (Wildman–Crippen MR) is 102 cm³/mol. The minimum Gasteiger partial charge on any atom is -0.508 e. The van der Waals surface area contributed by atoms with E-state index in [-0.39, 0.29) is 12.4 Å². The first-order chi connectivity index (χ1) is 11.2. The highest BCUT2D eigenvalue weighted by molar-refractivity contribution is 5.85. The highest BCUT2D eigenvalue weighted by atomic mass is 35.5. The van der Waals surface area contributed by atoms with Crippen molar-refractivity contribution in [2.75, 3.05) is 13.1 Å². The van der Waals surface area contributed by atoms with Crippen LogP contribution in [0, 0.1) is 5.92 Å². The Bertz CT molecular complexity index is 575. The molecule has 1 heterocycles. The lowest BCUT2D eigenvalue weighted by Crippen LogP contribution is -2.60. The van der Waals surface area contributed by atoms with E-state index in [1.54, 1.807) is 0 Å². The van der Waals surface area contributed by atoms with Crippen LogP contribution < -0.4 is 0 Å². The van der Waals surface area contributed by atoms with Gasteiger partial charge in [0.2, 0.25) is 0 Å². The number of aromatic hydroxyl groups is 1. The standard InChI is InChI=1S/C21H31NO.ClH/c1-2-3-6-12-22-13-11-21-10-5-4-7-18(21)20(22)14-16-8-9-17(23)15-19(16)21;/h8-9,15,18,20,23H,2-7,10-14H2,1H3;1H/t18-,20-,21-;/m0./s1. The maximum Gasteiger partial charge on any atom is 0.115 e. The van der Waals surface area contributed by atoms with E-state index in [1.807, 2.05) is 6.07 Å². The van der Waals surface area contributed by atoms with E-state index in [1.165, 1.54) is 82.0 Å². The average molecular weight is 350 g/mol. The molecule has 1 aromatic rings. The molecule has 134 valence electrons. The van der Waals surface area contributed by atoms with E-state index in [9.17, 15) is 5.11 Å². The van der Waals surface area contributed by atoms with Crippen molar-refractivity contribution >= 4 is 12.4 Å². The molecule has 3 atom stereocenters. The van der Waals surface area contributed by atoms with Crippen molar-refractivity contribution < 1.29 is 5.11 Å². The molecular weight excluding hydrogens is 318 g/mol. The van der Waals surface area contributed by atoms with Crippen LogP contribution in [0.3, 0.4) is 0 Å². The van der Waals surface area contributed by atoms with Gasteiger partial charge in [0.15, 0.2) is 0 Å². The Balaban J connectivity index is 0.00000169. The molecule has 1 saturated heterocycles. The molecule has 1 aromatic carbocycles. The summed E-state index contributed by atoms with van der Waals surface area (Å²) in [6, 6.07) is 6.96. The van der Waals surface area contributed by atoms with Gasteiger partial charge in [-0.05, 0) is 74.4 Å². The summed E-state index contributed by atoms with van der Waals surface area (Å²) in [6.45, 7) is 4.85. The maximum absolute atomic E-state index is 10.1. The monoisotopic (exact) mass is 349 g/mol. The number of hydrogen-bond acceptors (Lipinski definition) is 2. The normalized spacial score (nSPS) is 31.7. The van der Waals surface area contributed by atoms with Crippen LogP contribution in [0.2, 0.25) is 0 Å². The maximum atomic E-state index is 10.1. The van der Waals surface area contributed by atoms with Crippen molar-refractivity contribution in [1.29, 1.82) is 0 Å². The van der Waals surface area contributed by atoms with Gasteiger partial charge in [-0.1, -0.05) is 38.7 Å². The van der Waals surface area contributed by atoms with Crippen molar-refractivity contribution in [3.63, 3.8) is 0 Å². The second-order valence-electron chi connectivity index (χ2n) is 8.11. The van der Waals surface area contributed by atoms with Gasteiger partial charge in [0.05, 0.1) is 0 Å². The number of benzene rings is 1. The first-order valence-corrected chi connectivity index (χ1v) is 9.81. The smallest absolute Gasteiger partial charge is 0.115 e. The van der Waals surface area contributed by atoms with E-state index in [4.69, 9.17) is 0 Å². The lowest BCUT2D eigenvalue weighted by atomic mass is 9.52. The van der Waals surface area contributed by atoms with Crippen LogP contribution in [0.25, 0.3) is 0 Å². The predicted octanol–water partition coefficient (Wildman–Crippen LogP) is 5.06. The number of likely N-dealkylation sites (tertiary alicyclic amines) is 1. The molecule has 2 fully saturated rings. The van der Waals surface area contributed by atoms with E-state index in [0.717, 1.165) is 12.0 Å². The molecule has 24 heavy (non-hydrogen) atoms. The molecule has 0 spiro atoms. The molecule has 2 nitrogen and oxygen atoms in total. The van der Waals surface area contributed by atoms with Crippen molar-refractivity contribution in [3.05, 3.63) is 29.3 Å². The number of hydrogen-bond donors (Lipinski definition) is 1. The number of rotatable bonds is 4. The highest BCUT2D eigenvalue weighted by Gasteiger charge is 2.53. The first-order valence-electron chi connectivity index (χ1n) is 9.81. The number of fused-ring (bicyclic) bond motifs is 1. The highest BCUT2D eigenvalue weighted by Crippen LogP contribution is 2.56. The fourth-order valence-electron chi connectivity index (χ4n) is 5.92. The second kappa shape index (κ2) is 7.25. The van der Waals surface area contributed by atoms with Crippen LogP contribution in [-0.4, -0.2) is 29.1 Å². The molecule has 1 saturated carbocycles. The van der Waals surface area contributed by atoms with Crippen molar-refractivity contribution in [3.8, 4) is 5.75 Å². The summed E-state index contributed by atoms with van der Waals surface area (Å²) >= 11 is 0. The van der Waals surface area contributed by atoms with E-state index in [2.05, 4.69) is 24.0 Å². The number of unbranched alkanes of at least 4 members (excludes halogenated alkanes) is 2. The lowest BCUT2D eigenvalue weighted by molar-refractivity contribution is -0.0119. The molecule has 1 aliphatic heterocycles. The van der Waals surface area contributed by atoms with Crippen LogP contribution in [0.1, 0.15) is 69.4 Å². The SMILES string of the molecule is CCCCCN1CC[C@@]23CCCC[C@H]2[C@@H]1Cc1ccc(O)cc13.Cl. The summed E-state index contributed by atoms with van der Waals surface area (Å²) in [5.74, 6) is 1.28. The number of phenolic OH excluding ortho intramolecular Hbond substituents is 1. The minimum absolute atomic E-state index is 0. The fraction of sp³-hybridized carbons (Fsp3) is 0.714. The lowest BCUT2D eigenvalue weighted by Gasteiger charge is -2.59. The average Bonchev–Trinajstić information content (AvgIpc) is 2.57. The molecule has 0 radical (unpaired) electrons. The van der Waals surface area contributed by atoms with Crippen LogP contribution in [0.5, 0.6) is 5.75 Å². The summed E-state index contributed by atoms with van der Waals surface area (Å²) in [7, 11) is 0. The van der Waals surface area contributed by atoms with Gasteiger partial charge in [0, 0.05) is 11.5 Å². The Morgan fingerprint density at radius 1 is 1.21 bits per heavy atom. The third kappa shape index (κ3) is 2.86. The van der Waals surface area contributed by atoms with Crippen LogP contribution >= 0.6 is 12.4 Å². The summed E-state index contributed by atoms with van der Waals surface area (Å²) in [5, 5.41) is 10.1. The zero-order valence-electron chi connectivity index (χ0n) is 15.0. The van der Waals surface area contributed by atoms with Gasteiger partial charge in [-0.25, -0.2) is 0 Å². The molecular formula is C21H32ClNO. The molecule has 3 heteroatoms. The number of nitrogens with zero attached hydrogens (tertiary/aromatic N) is 1. The van der Waals surface area contributed by atoms with Crippen LogP contribution in [0.15, 0.2) is 18.2 Å². The number of phenols is 1. The number of halogens is 1. The Morgan fingerprint density at radius 3 is 2.92 bits per heavy atom. The first kappa shape index (κ1) is 18.1. The topological polar surface area (TPSA) is 23.5 Å². The summed E-state index contributed by atoms with van der Waals surface area (Å²) in [4.78, 5) is 2.82. The van der Waals surface area contributed by atoms with Gasteiger partial charge >= 0.3 is 0 Å². The van der Waals surface area contributed by atoms with Crippen molar-refractivity contribution in [1.82, 2.24) is 4.90 Å². The van der Waals surface area contributed by atoms with Gasteiger partial charge < -0.3 is 5.11 Å². The largest absolute Gasteiger partial charge is 0.508 e. The second-order valence-corrected chi connectivity index (χ2v) is 8.11. The third-order valence-corrected chi connectivity index (χ3v) is 6.98. The molecule has 3 aliphatic rings. The summed E-state index contributed by atoms with van der Waals surface area (Å²) < 4.78 is 0. The molecule has 0 aromatic heterocycles. The minimum atomic E-state index is 0. The Morgan fingerprint density at radius 2 is 2.08 bits per heavy atom. The third-order valence-electron chi connectivity index (χ3n) is 6.98. The van der Waals surface area contributed by atoms with Crippen LogP contribution in [-0.2, 0) is 11.8 Å². The van der Waals surface area contributed by atoms with Gasteiger partial charge in [-0.15, -0.1) is 12.4 Å². The van der Waals surface area contributed by atoms with E-state index >= 15 is 0 Å². The Kier molecular flexibility index (Phi) is 5.46. The molecule has 2 bridgehead atoms. The van der Waals surface area contributed by atoms with Gasteiger partial charge in [0.25, 0.3) is 0 Å². The fourth-order valence-corrected chi connectivity index (χ4v) is 5.92. The van der Waals surface area contributed by atoms with Gasteiger partial charge in [-0.2, -0.15) is 0 Å². The van der Waals surface area contributed by atoms with E-state index < -0.39 is 0 Å². The Labute approximate surface area is 153 Å².